The van der Waals surface area contributed by atoms with Crippen LogP contribution in [0.5, 0.6) is 0 Å². The molecule has 0 spiro atoms. The van der Waals surface area contributed by atoms with Crippen molar-refractivity contribution in [2.24, 2.45) is 23.2 Å². The summed E-state index contributed by atoms with van der Waals surface area (Å²) in [5.74, 6) is 1.69. The van der Waals surface area contributed by atoms with Crippen molar-refractivity contribution in [3.8, 4) is 0 Å². The van der Waals surface area contributed by atoms with E-state index in [-0.39, 0.29) is 12.1 Å². The highest BCUT2D eigenvalue weighted by Gasteiger charge is 2.65. The van der Waals surface area contributed by atoms with Crippen molar-refractivity contribution in [3.63, 3.8) is 0 Å². The maximum Gasteiger partial charge on any atom is 0.339 e. The first-order valence-electron chi connectivity index (χ1n) is 7.15. The molecule has 0 aliphatic heterocycles. The van der Waals surface area contributed by atoms with Gasteiger partial charge in [0, 0.05) is 12.4 Å². The molecule has 4 atom stereocenters. The van der Waals surface area contributed by atoms with Crippen molar-refractivity contribution in [1.29, 1.82) is 0 Å². The van der Waals surface area contributed by atoms with Gasteiger partial charge in [0.25, 0.3) is 0 Å². The van der Waals surface area contributed by atoms with Crippen LogP contribution in [0.1, 0.15) is 44.0 Å². The summed E-state index contributed by atoms with van der Waals surface area (Å²) >= 11 is 0. The minimum atomic E-state index is -0.231. The molecule has 1 heterocycles. The molecule has 3 nitrogen and oxygen atoms in total. The van der Waals surface area contributed by atoms with Crippen LogP contribution in [-0.2, 0) is 4.74 Å². The highest BCUT2D eigenvalue weighted by molar-refractivity contribution is 5.89. The van der Waals surface area contributed by atoms with E-state index in [0.29, 0.717) is 22.8 Å². The van der Waals surface area contributed by atoms with Gasteiger partial charge in [-0.2, -0.15) is 0 Å². The summed E-state index contributed by atoms with van der Waals surface area (Å²) in [6, 6.07) is 3.52. The fourth-order valence-electron chi connectivity index (χ4n) is 3.85. The molecule has 19 heavy (non-hydrogen) atoms. The summed E-state index contributed by atoms with van der Waals surface area (Å²) in [6.45, 7) is 6.80. The number of carbonyl (C=O) groups is 1. The van der Waals surface area contributed by atoms with Crippen molar-refractivity contribution in [1.82, 2.24) is 4.98 Å². The fraction of sp³-hybridized carbons (Fsp3) is 0.625. The summed E-state index contributed by atoms with van der Waals surface area (Å²) < 4.78 is 5.71. The molecule has 0 amide bonds. The summed E-state index contributed by atoms with van der Waals surface area (Å²) in [7, 11) is 0. The van der Waals surface area contributed by atoms with Gasteiger partial charge in [-0.05, 0) is 48.1 Å². The zero-order valence-electron chi connectivity index (χ0n) is 11.8. The van der Waals surface area contributed by atoms with E-state index in [4.69, 9.17) is 4.74 Å². The van der Waals surface area contributed by atoms with Gasteiger partial charge in [0.1, 0.15) is 6.10 Å². The maximum atomic E-state index is 12.1. The largest absolute Gasteiger partial charge is 0.458 e. The average Bonchev–Trinajstić information content (AvgIpc) is 3.08. The Bertz CT molecular complexity index is 485. The Morgan fingerprint density at radius 1 is 1.47 bits per heavy atom. The molecule has 0 radical (unpaired) electrons. The van der Waals surface area contributed by atoms with Crippen LogP contribution in [0, 0.1) is 23.2 Å². The highest BCUT2D eigenvalue weighted by atomic mass is 16.5. The molecule has 2 saturated carbocycles. The number of ether oxygens (including phenoxy) is 1. The lowest BCUT2D eigenvalue weighted by molar-refractivity contribution is 0.0158. The number of hydrogen-bond acceptors (Lipinski definition) is 3. The predicted molar refractivity (Wildman–Crippen MR) is 72.6 cm³/mol. The van der Waals surface area contributed by atoms with Crippen molar-refractivity contribution in [2.75, 3.05) is 0 Å². The van der Waals surface area contributed by atoms with Crippen molar-refractivity contribution in [2.45, 2.75) is 39.7 Å². The molecule has 2 fully saturated rings. The first kappa shape index (κ1) is 12.6. The fourth-order valence-corrected chi connectivity index (χ4v) is 3.85. The Labute approximate surface area is 114 Å². The molecule has 0 saturated heterocycles. The van der Waals surface area contributed by atoms with Crippen LogP contribution in [0.3, 0.4) is 0 Å². The van der Waals surface area contributed by atoms with Gasteiger partial charge in [0.05, 0.1) is 5.56 Å². The molecular weight excluding hydrogens is 238 g/mol. The van der Waals surface area contributed by atoms with Gasteiger partial charge in [-0.25, -0.2) is 4.79 Å². The lowest BCUT2D eigenvalue weighted by Crippen LogP contribution is -2.24. The minimum absolute atomic E-state index is 0.0776. The second-order valence-electron chi connectivity index (χ2n) is 6.45. The smallest absolute Gasteiger partial charge is 0.339 e. The summed E-state index contributed by atoms with van der Waals surface area (Å²) in [5.41, 5.74) is 0.994. The van der Waals surface area contributed by atoms with Gasteiger partial charge < -0.3 is 4.74 Å². The van der Waals surface area contributed by atoms with Crippen LogP contribution in [0.15, 0.2) is 24.5 Å². The number of aromatic nitrogens is 1. The summed E-state index contributed by atoms with van der Waals surface area (Å²) in [5, 5.41) is 0. The van der Waals surface area contributed by atoms with Crippen LogP contribution in [0.25, 0.3) is 0 Å². The van der Waals surface area contributed by atoms with Crippen molar-refractivity contribution in [3.05, 3.63) is 30.1 Å². The van der Waals surface area contributed by atoms with Crippen LogP contribution < -0.4 is 0 Å². The van der Waals surface area contributed by atoms with E-state index in [2.05, 4.69) is 25.8 Å². The lowest BCUT2D eigenvalue weighted by Gasteiger charge is -2.22. The predicted octanol–water partition coefficient (Wildman–Crippen LogP) is 3.31. The van der Waals surface area contributed by atoms with Crippen LogP contribution >= 0.6 is 0 Å². The molecule has 1 aromatic heterocycles. The minimum Gasteiger partial charge on any atom is -0.458 e. The Morgan fingerprint density at radius 3 is 2.84 bits per heavy atom. The van der Waals surface area contributed by atoms with Gasteiger partial charge in [0.2, 0.25) is 0 Å². The third-order valence-electron chi connectivity index (χ3n) is 5.29. The number of carbonyl (C=O) groups excluding carboxylic acids is 1. The molecule has 2 aliphatic rings. The average molecular weight is 259 g/mol. The third kappa shape index (κ3) is 1.96. The van der Waals surface area contributed by atoms with E-state index in [1.54, 1.807) is 24.5 Å². The number of pyridine rings is 1. The van der Waals surface area contributed by atoms with E-state index in [1.807, 2.05) is 0 Å². The molecular formula is C16H21NO2. The van der Waals surface area contributed by atoms with Crippen LogP contribution in [-0.4, -0.2) is 17.1 Å². The van der Waals surface area contributed by atoms with Gasteiger partial charge in [-0.3, -0.25) is 4.98 Å². The maximum absolute atomic E-state index is 12.1. The lowest BCUT2D eigenvalue weighted by atomic mass is 9.89. The molecule has 3 heteroatoms. The quantitative estimate of drug-likeness (QED) is 0.782. The van der Waals surface area contributed by atoms with E-state index < -0.39 is 0 Å². The second kappa shape index (κ2) is 4.32. The molecule has 3 rings (SSSR count). The second-order valence-corrected chi connectivity index (χ2v) is 6.45. The molecule has 4 unspecified atom stereocenters. The first-order valence-corrected chi connectivity index (χ1v) is 7.15. The SMILES string of the molecule is CC1C(OC(=O)c2cccnc2)CC2(C(C)C)CC12. The third-order valence-corrected chi connectivity index (χ3v) is 5.29. The first-order chi connectivity index (χ1) is 9.04. The highest BCUT2D eigenvalue weighted by Crippen LogP contribution is 2.70. The van der Waals surface area contributed by atoms with E-state index in [1.165, 1.54) is 6.42 Å². The summed E-state index contributed by atoms with van der Waals surface area (Å²) in [4.78, 5) is 16.0. The van der Waals surface area contributed by atoms with Gasteiger partial charge in [-0.15, -0.1) is 0 Å². The van der Waals surface area contributed by atoms with Crippen molar-refractivity contribution >= 4 is 5.97 Å². The zero-order valence-corrected chi connectivity index (χ0v) is 11.8. The van der Waals surface area contributed by atoms with Crippen molar-refractivity contribution < 1.29 is 9.53 Å². The van der Waals surface area contributed by atoms with E-state index in [0.717, 1.165) is 12.3 Å². The Hall–Kier alpha value is -1.38. The monoisotopic (exact) mass is 259 g/mol. The molecule has 1 aromatic rings. The number of fused-ring (bicyclic) bond motifs is 1. The van der Waals surface area contributed by atoms with E-state index >= 15 is 0 Å². The van der Waals surface area contributed by atoms with Gasteiger partial charge in [0.15, 0.2) is 0 Å². The Morgan fingerprint density at radius 2 is 2.26 bits per heavy atom. The number of esters is 1. The topological polar surface area (TPSA) is 39.2 Å². The normalized spacial score (nSPS) is 36.1. The van der Waals surface area contributed by atoms with Crippen LogP contribution in [0.2, 0.25) is 0 Å². The van der Waals surface area contributed by atoms with Gasteiger partial charge >= 0.3 is 5.97 Å². The molecule has 0 bridgehead atoms. The number of hydrogen-bond donors (Lipinski definition) is 0. The molecule has 0 N–H and O–H groups in total. The number of rotatable bonds is 3. The standard InChI is InChI=1S/C16H21NO2/c1-10(2)16-7-13(16)11(3)14(8-16)19-15(18)12-5-4-6-17-9-12/h4-6,9-11,13-14H,7-8H2,1-3H3. The van der Waals surface area contributed by atoms with E-state index in [9.17, 15) is 4.79 Å². The zero-order chi connectivity index (χ0) is 13.6. The molecule has 102 valence electrons. The molecule has 0 aromatic carbocycles. The Balaban J connectivity index is 1.68. The van der Waals surface area contributed by atoms with Gasteiger partial charge in [-0.1, -0.05) is 20.8 Å². The Kier molecular flexibility index (Phi) is 2.88. The number of nitrogens with zero attached hydrogens (tertiary/aromatic N) is 1. The summed E-state index contributed by atoms with van der Waals surface area (Å²) in [6.07, 6.45) is 5.66. The van der Waals surface area contributed by atoms with Crippen LogP contribution in [0.4, 0.5) is 0 Å². The molecule has 2 aliphatic carbocycles.